The van der Waals surface area contributed by atoms with Crippen molar-refractivity contribution < 1.29 is 18.7 Å². The van der Waals surface area contributed by atoms with Gasteiger partial charge in [-0.3, -0.25) is 5.26 Å². The van der Waals surface area contributed by atoms with Gasteiger partial charge in [0.25, 0.3) is 0 Å². The Morgan fingerprint density at radius 2 is 1.62 bits per heavy atom. The van der Waals surface area contributed by atoms with Gasteiger partial charge in [0.2, 0.25) is 0 Å². The zero-order valence-electron chi connectivity index (χ0n) is 5.17. The Hall–Kier alpha value is 0.0569. The minimum Gasteiger partial charge on any atom is -0.376 e. The molecule has 0 spiro atoms. The first-order chi connectivity index (χ1) is 3.68. The lowest BCUT2D eigenvalue weighted by atomic mass is 11.8. The Bertz CT molecular complexity index is 54.0. The van der Waals surface area contributed by atoms with Crippen molar-refractivity contribution in [3.8, 4) is 0 Å². The maximum absolute atomic E-state index is 8.10. The lowest BCUT2D eigenvalue weighted by molar-refractivity contribution is -0.190. The molecule has 0 saturated heterocycles. The summed E-state index contributed by atoms with van der Waals surface area (Å²) in [4.78, 5) is 0. The van der Waals surface area contributed by atoms with Crippen molar-refractivity contribution in [3.63, 3.8) is 0 Å². The van der Waals surface area contributed by atoms with Crippen molar-refractivity contribution in [3.05, 3.63) is 0 Å². The maximum atomic E-state index is 8.10. The van der Waals surface area contributed by atoms with Crippen LogP contribution in [0.1, 0.15) is 0 Å². The third kappa shape index (κ3) is 1.89. The summed E-state index contributed by atoms with van der Waals surface area (Å²) < 4.78 is 13.3. The van der Waals surface area contributed by atoms with Gasteiger partial charge in [0.05, 0.1) is 0 Å². The molecule has 0 radical (unpaired) electrons. The van der Waals surface area contributed by atoms with Crippen LogP contribution in [0.2, 0.25) is 6.55 Å². The summed E-state index contributed by atoms with van der Waals surface area (Å²) in [6.45, 7) is 1.58. The summed E-state index contributed by atoms with van der Waals surface area (Å²) in [5.74, 6) is 0. The SMILES string of the molecule is CO[Si](C)(OC)OO. The average Bonchev–Trinajstić information content (AvgIpc) is 1.87. The summed E-state index contributed by atoms with van der Waals surface area (Å²) in [6, 6.07) is 0. The highest BCUT2D eigenvalue weighted by atomic mass is 28.4. The van der Waals surface area contributed by atoms with E-state index in [1.165, 1.54) is 14.2 Å². The highest BCUT2D eigenvalue weighted by molar-refractivity contribution is 6.58. The van der Waals surface area contributed by atoms with Crippen LogP contribution in [0.3, 0.4) is 0 Å². The third-order valence-corrected chi connectivity index (χ3v) is 2.72. The van der Waals surface area contributed by atoms with Crippen LogP contribution in [0, 0.1) is 0 Å². The van der Waals surface area contributed by atoms with Crippen molar-refractivity contribution in [1.29, 1.82) is 0 Å². The predicted molar refractivity (Wildman–Crippen MR) is 29.3 cm³/mol. The molecule has 0 aliphatic rings. The quantitative estimate of drug-likeness (QED) is 0.347. The molecule has 0 rings (SSSR count). The van der Waals surface area contributed by atoms with Crippen LogP contribution in [0.15, 0.2) is 0 Å². The van der Waals surface area contributed by atoms with Gasteiger partial charge in [0, 0.05) is 20.8 Å². The van der Waals surface area contributed by atoms with Crippen molar-refractivity contribution >= 4 is 8.80 Å². The van der Waals surface area contributed by atoms with E-state index in [-0.39, 0.29) is 0 Å². The molecule has 0 aliphatic carbocycles. The molecule has 1 N–H and O–H groups in total. The van der Waals surface area contributed by atoms with Crippen LogP contribution in [0.4, 0.5) is 0 Å². The molecule has 0 heterocycles. The van der Waals surface area contributed by atoms with Crippen LogP contribution in [0.5, 0.6) is 0 Å². The fourth-order valence-electron chi connectivity index (χ4n) is 0.158. The second-order valence-electron chi connectivity index (χ2n) is 1.36. The molecular formula is C3H10O4Si. The van der Waals surface area contributed by atoms with Crippen LogP contribution in [0.25, 0.3) is 0 Å². The molecule has 8 heavy (non-hydrogen) atoms. The van der Waals surface area contributed by atoms with E-state index in [1.807, 2.05) is 0 Å². The van der Waals surface area contributed by atoms with Gasteiger partial charge in [-0.2, -0.15) is 0 Å². The summed E-state index contributed by atoms with van der Waals surface area (Å²) >= 11 is 0. The normalized spacial score (nSPS) is 12.0. The Morgan fingerprint density at radius 1 is 1.25 bits per heavy atom. The van der Waals surface area contributed by atoms with Gasteiger partial charge in [0.1, 0.15) is 0 Å². The number of hydrogen-bond acceptors (Lipinski definition) is 4. The van der Waals surface area contributed by atoms with Crippen LogP contribution in [-0.2, 0) is 13.4 Å². The molecule has 50 valence electrons. The van der Waals surface area contributed by atoms with E-state index >= 15 is 0 Å². The second-order valence-corrected chi connectivity index (χ2v) is 4.09. The van der Waals surface area contributed by atoms with E-state index in [0.29, 0.717) is 0 Å². The Morgan fingerprint density at radius 3 is 1.62 bits per heavy atom. The third-order valence-electron chi connectivity index (χ3n) is 0.907. The van der Waals surface area contributed by atoms with E-state index < -0.39 is 8.80 Å². The van der Waals surface area contributed by atoms with Gasteiger partial charge in [-0.1, -0.05) is 0 Å². The summed E-state index contributed by atoms with van der Waals surface area (Å²) in [7, 11) is 0.229. The molecule has 5 heteroatoms. The molecular weight excluding hydrogens is 128 g/mol. The number of rotatable bonds is 3. The van der Waals surface area contributed by atoms with Crippen molar-refractivity contribution in [2.75, 3.05) is 14.2 Å². The molecule has 0 aromatic heterocycles. The van der Waals surface area contributed by atoms with E-state index in [4.69, 9.17) is 5.26 Å². The smallest absolute Gasteiger partial charge is 0.376 e. The van der Waals surface area contributed by atoms with E-state index in [9.17, 15) is 0 Å². The van der Waals surface area contributed by atoms with Crippen molar-refractivity contribution in [2.45, 2.75) is 6.55 Å². The second kappa shape index (κ2) is 3.16. The minimum absolute atomic E-state index is 1.42. The van der Waals surface area contributed by atoms with Crippen LogP contribution >= 0.6 is 0 Å². The zero-order chi connectivity index (χ0) is 6.62. The molecule has 0 unspecified atom stereocenters. The highest BCUT2D eigenvalue weighted by Crippen LogP contribution is 2.02. The van der Waals surface area contributed by atoms with Gasteiger partial charge >= 0.3 is 8.80 Å². The van der Waals surface area contributed by atoms with Crippen LogP contribution < -0.4 is 0 Å². The summed E-state index contributed by atoms with van der Waals surface area (Å²) in [5, 5.41) is 8.10. The Labute approximate surface area is 49.3 Å². The van der Waals surface area contributed by atoms with E-state index in [1.54, 1.807) is 6.55 Å². The standard InChI is InChI=1S/C3H10O4Si/c1-5-8(3,6-2)7-4/h4H,1-3H3. The Balaban J connectivity index is 3.58. The first kappa shape index (κ1) is 8.06. The molecule has 0 aliphatic heterocycles. The van der Waals surface area contributed by atoms with Crippen molar-refractivity contribution in [2.24, 2.45) is 0 Å². The van der Waals surface area contributed by atoms with Gasteiger partial charge in [-0.25, -0.2) is 4.58 Å². The number of hydrogen-bond donors (Lipinski definition) is 1. The molecule has 0 saturated carbocycles. The molecule has 0 aromatic rings. The Kier molecular flexibility index (Phi) is 3.18. The van der Waals surface area contributed by atoms with Gasteiger partial charge in [-0.15, -0.1) is 0 Å². The summed E-state index contributed by atoms with van der Waals surface area (Å²) in [5.41, 5.74) is 0. The van der Waals surface area contributed by atoms with Gasteiger partial charge in [-0.05, 0) is 0 Å². The molecule has 0 amide bonds. The topological polar surface area (TPSA) is 47.9 Å². The van der Waals surface area contributed by atoms with E-state index in [2.05, 4.69) is 13.4 Å². The first-order valence-electron chi connectivity index (χ1n) is 2.11. The maximum Gasteiger partial charge on any atom is 0.525 e. The lowest BCUT2D eigenvalue weighted by Crippen LogP contribution is -2.38. The van der Waals surface area contributed by atoms with Crippen molar-refractivity contribution in [1.82, 2.24) is 0 Å². The first-order valence-corrected chi connectivity index (χ1v) is 4.34. The van der Waals surface area contributed by atoms with Gasteiger partial charge < -0.3 is 8.85 Å². The largest absolute Gasteiger partial charge is 0.525 e. The fourth-order valence-corrected chi connectivity index (χ4v) is 0.474. The molecule has 0 fully saturated rings. The highest BCUT2D eigenvalue weighted by Gasteiger charge is 2.32. The predicted octanol–water partition coefficient (Wildman–Crippen LogP) is 0.337. The molecule has 0 bridgehead atoms. The zero-order valence-corrected chi connectivity index (χ0v) is 6.17. The van der Waals surface area contributed by atoms with Gasteiger partial charge in [0.15, 0.2) is 0 Å². The molecule has 0 atom stereocenters. The fraction of sp³-hybridized carbons (Fsp3) is 1.00. The lowest BCUT2D eigenvalue weighted by Gasteiger charge is -2.16. The molecule has 0 aromatic carbocycles. The van der Waals surface area contributed by atoms with E-state index in [0.717, 1.165) is 0 Å². The van der Waals surface area contributed by atoms with Crippen LogP contribution in [-0.4, -0.2) is 28.3 Å². The summed E-state index contributed by atoms with van der Waals surface area (Å²) in [6.07, 6.45) is 0. The average molecular weight is 138 g/mol. The molecule has 4 nitrogen and oxygen atoms in total. The monoisotopic (exact) mass is 138 g/mol. The minimum atomic E-state index is -2.62.